The van der Waals surface area contributed by atoms with Crippen LogP contribution in [0.1, 0.15) is 13.3 Å². The minimum absolute atomic E-state index is 0.541. The molecule has 0 spiro atoms. The lowest BCUT2D eigenvalue weighted by molar-refractivity contribution is 0.181. The second kappa shape index (κ2) is 10.7. The number of aliphatic imine (C=N–C) groups is 1. The first-order valence-corrected chi connectivity index (χ1v) is 10.1. The Labute approximate surface area is 168 Å². The normalized spacial score (nSPS) is 16.8. The lowest BCUT2D eigenvalue weighted by atomic mass is 10.1. The molecule has 2 aromatic rings. The molecule has 1 N–H and O–H groups in total. The van der Waals surface area contributed by atoms with Crippen molar-refractivity contribution >= 4 is 5.96 Å². The Kier molecular flexibility index (Phi) is 7.73. The van der Waals surface area contributed by atoms with Crippen LogP contribution >= 0.6 is 0 Å². The van der Waals surface area contributed by atoms with Gasteiger partial charge in [-0.2, -0.15) is 0 Å². The van der Waals surface area contributed by atoms with Crippen LogP contribution in [0.25, 0.3) is 11.1 Å². The summed E-state index contributed by atoms with van der Waals surface area (Å²) in [5.41, 5.74) is 2.27. The highest BCUT2D eigenvalue weighted by Gasteiger charge is 2.19. The van der Waals surface area contributed by atoms with Gasteiger partial charge in [-0.25, -0.2) is 4.99 Å². The molecule has 1 aliphatic heterocycles. The molecule has 1 saturated heterocycles. The molecule has 1 fully saturated rings. The summed E-state index contributed by atoms with van der Waals surface area (Å²) >= 11 is 0. The lowest BCUT2D eigenvalue weighted by Crippen LogP contribution is -2.41. The average molecular weight is 382 g/mol. The molecule has 5 heteroatoms. The molecule has 5 nitrogen and oxygen atoms in total. The van der Waals surface area contributed by atoms with E-state index in [1.807, 2.05) is 36.4 Å². The fraction of sp³-hybridized carbons (Fsp3) is 0.435. The highest BCUT2D eigenvalue weighted by atomic mass is 16.5. The van der Waals surface area contributed by atoms with Gasteiger partial charge in [0.1, 0.15) is 12.4 Å². The van der Waals surface area contributed by atoms with Crippen LogP contribution in [0, 0.1) is 5.92 Å². The Balaban J connectivity index is 1.57. The molecule has 3 rings (SSSR count). The van der Waals surface area contributed by atoms with Crippen LogP contribution in [-0.2, 0) is 4.74 Å². The van der Waals surface area contributed by atoms with Gasteiger partial charge in [0.2, 0.25) is 0 Å². The predicted molar refractivity (Wildman–Crippen MR) is 115 cm³/mol. The number of guanidine groups is 1. The van der Waals surface area contributed by atoms with E-state index in [4.69, 9.17) is 14.5 Å². The Hall–Kier alpha value is -2.53. The van der Waals surface area contributed by atoms with Gasteiger partial charge in [-0.1, -0.05) is 48.5 Å². The van der Waals surface area contributed by atoms with E-state index in [2.05, 4.69) is 42.4 Å². The molecule has 1 heterocycles. The Morgan fingerprint density at radius 2 is 1.96 bits per heavy atom. The molecule has 0 aromatic heterocycles. The molecule has 1 unspecified atom stereocenters. The molecule has 28 heavy (non-hydrogen) atoms. The summed E-state index contributed by atoms with van der Waals surface area (Å²) in [4.78, 5) is 6.93. The van der Waals surface area contributed by atoms with E-state index < -0.39 is 0 Å². The van der Waals surface area contributed by atoms with Gasteiger partial charge in [-0.3, -0.25) is 0 Å². The number of nitrogens with zero attached hydrogens (tertiary/aromatic N) is 2. The molecule has 0 saturated carbocycles. The van der Waals surface area contributed by atoms with Crippen molar-refractivity contribution < 1.29 is 9.47 Å². The summed E-state index contributed by atoms with van der Waals surface area (Å²) in [6, 6.07) is 18.5. The number of para-hydroxylation sites is 1. The number of hydrogen-bond donors (Lipinski definition) is 1. The molecule has 0 aliphatic carbocycles. The highest BCUT2D eigenvalue weighted by molar-refractivity contribution is 5.79. The van der Waals surface area contributed by atoms with Crippen LogP contribution in [0.4, 0.5) is 0 Å². The van der Waals surface area contributed by atoms with E-state index in [1.165, 1.54) is 0 Å². The van der Waals surface area contributed by atoms with E-state index in [-0.39, 0.29) is 0 Å². The quantitative estimate of drug-likeness (QED) is 0.431. The Bertz CT molecular complexity index is 743. The monoisotopic (exact) mass is 381 g/mol. The minimum atomic E-state index is 0.541. The van der Waals surface area contributed by atoms with Gasteiger partial charge in [-0.15, -0.1) is 0 Å². The third-order valence-corrected chi connectivity index (χ3v) is 4.83. The summed E-state index contributed by atoms with van der Waals surface area (Å²) in [5.74, 6) is 2.41. The average Bonchev–Trinajstić information content (AvgIpc) is 3.24. The molecule has 2 aromatic carbocycles. The van der Waals surface area contributed by atoms with Crippen LogP contribution in [0.2, 0.25) is 0 Å². The van der Waals surface area contributed by atoms with Gasteiger partial charge in [-0.05, 0) is 25.0 Å². The SMILES string of the molecule is CCNC(=NCCOc1ccccc1-c1ccccc1)N(C)CC1CCOC1. The Morgan fingerprint density at radius 1 is 1.18 bits per heavy atom. The molecular weight excluding hydrogens is 350 g/mol. The van der Waals surface area contributed by atoms with Crippen molar-refractivity contribution in [1.29, 1.82) is 0 Å². The molecule has 0 bridgehead atoms. The zero-order valence-electron chi connectivity index (χ0n) is 16.9. The second-order valence-corrected chi connectivity index (χ2v) is 7.06. The summed E-state index contributed by atoms with van der Waals surface area (Å²) in [5, 5.41) is 3.37. The van der Waals surface area contributed by atoms with Crippen LogP contribution < -0.4 is 10.1 Å². The molecule has 0 radical (unpaired) electrons. The van der Waals surface area contributed by atoms with Gasteiger partial charge < -0.3 is 19.7 Å². The maximum atomic E-state index is 6.06. The fourth-order valence-electron chi connectivity index (χ4n) is 3.43. The standard InChI is InChI=1S/C23H31N3O2/c1-3-24-23(26(2)17-19-13-15-27-18-19)25-14-16-28-22-12-8-7-11-21(22)20-9-5-4-6-10-20/h4-12,19H,3,13-18H2,1-2H3,(H,24,25). The number of hydrogen-bond acceptors (Lipinski definition) is 3. The van der Waals surface area contributed by atoms with Crippen molar-refractivity contribution in [3.63, 3.8) is 0 Å². The first kappa shape index (κ1) is 20.2. The van der Waals surface area contributed by atoms with Crippen molar-refractivity contribution in [3.8, 4) is 16.9 Å². The third kappa shape index (κ3) is 5.73. The van der Waals surface area contributed by atoms with Crippen LogP contribution in [-0.4, -0.2) is 57.4 Å². The van der Waals surface area contributed by atoms with Crippen molar-refractivity contribution in [3.05, 3.63) is 54.6 Å². The number of rotatable bonds is 8. The van der Waals surface area contributed by atoms with Crippen LogP contribution in [0.5, 0.6) is 5.75 Å². The van der Waals surface area contributed by atoms with Crippen LogP contribution in [0.3, 0.4) is 0 Å². The molecule has 150 valence electrons. The van der Waals surface area contributed by atoms with E-state index in [9.17, 15) is 0 Å². The number of ether oxygens (including phenoxy) is 2. The van der Waals surface area contributed by atoms with Gasteiger partial charge >= 0.3 is 0 Å². The Morgan fingerprint density at radius 3 is 2.71 bits per heavy atom. The number of nitrogens with one attached hydrogen (secondary N) is 1. The zero-order chi connectivity index (χ0) is 19.6. The summed E-state index contributed by atoms with van der Waals surface area (Å²) in [6.07, 6.45) is 1.13. The third-order valence-electron chi connectivity index (χ3n) is 4.83. The first-order valence-electron chi connectivity index (χ1n) is 10.1. The van der Waals surface area contributed by atoms with E-state index in [0.29, 0.717) is 19.1 Å². The second-order valence-electron chi connectivity index (χ2n) is 7.06. The largest absolute Gasteiger partial charge is 0.491 e. The lowest BCUT2D eigenvalue weighted by Gasteiger charge is -2.24. The van der Waals surface area contributed by atoms with Gasteiger partial charge in [0.25, 0.3) is 0 Å². The van der Waals surface area contributed by atoms with Crippen molar-refractivity contribution in [2.24, 2.45) is 10.9 Å². The van der Waals surface area contributed by atoms with E-state index in [1.54, 1.807) is 0 Å². The van der Waals surface area contributed by atoms with Crippen molar-refractivity contribution in [1.82, 2.24) is 10.2 Å². The number of benzene rings is 2. The van der Waals surface area contributed by atoms with E-state index in [0.717, 1.165) is 55.6 Å². The fourth-order valence-corrected chi connectivity index (χ4v) is 3.43. The summed E-state index contributed by atoms with van der Waals surface area (Å²) < 4.78 is 11.5. The van der Waals surface area contributed by atoms with E-state index >= 15 is 0 Å². The van der Waals surface area contributed by atoms with Crippen molar-refractivity contribution in [2.75, 3.05) is 46.5 Å². The predicted octanol–water partition coefficient (Wildman–Crippen LogP) is 3.67. The molecule has 1 aliphatic rings. The van der Waals surface area contributed by atoms with Gasteiger partial charge in [0.15, 0.2) is 5.96 Å². The van der Waals surface area contributed by atoms with Crippen LogP contribution in [0.15, 0.2) is 59.6 Å². The summed E-state index contributed by atoms with van der Waals surface area (Å²) in [6.45, 7) is 6.78. The zero-order valence-corrected chi connectivity index (χ0v) is 16.9. The van der Waals surface area contributed by atoms with Gasteiger partial charge in [0, 0.05) is 38.2 Å². The summed E-state index contributed by atoms with van der Waals surface area (Å²) in [7, 11) is 2.09. The molecule has 1 atom stereocenters. The molecule has 0 amide bonds. The topological polar surface area (TPSA) is 46.1 Å². The van der Waals surface area contributed by atoms with Crippen molar-refractivity contribution in [2.45, 2.75) is 13.3 Å². The molecular formula is C23H31N3O2. The maximum Gasteiger partial charge on any atom is 0.193 e. The highest BCUT2D eigenvalue weighted by Crippen LogP contribution is 2.29. The van der Waals surface area contributed by atoms with Gasteiger partial charge in [0.05, 0.1) is 13.2 Å². The smallest absolute Gasteiger partial charge is 0.193 e. The maximum absolute atomic E-state index is 6.06. The first-order chi connectivity index (χ1) is 13.8. The minimum Gasteiger partial charge on any atom is -0.491 e.